The van der Waals surface area contributed by atoms with Crippen molar-refractivity contribution < 1.29 is 9.32 Å². The molecule has 3 heterocycles. The molecular weight excluding hydrogens is 270 g/mol. The second-order valence-corrected chi connectivity index (χ2v) is 5.13. The highest BCUT2D eigenvalue weighted by molar-refractivity contribution is 5.89. The van der Waals surface area contributed by atoms with Gasteiger partial charge in [0.05, 0.1) is 5.92 Å². The van der Waals surface area contributed by atoms with Gasteiger partial charge in [0.25, 0.3) is 0 Å². The fraction of sp³-hybridized carbons (Fsp3) is 0.429. The number of piperidine rings is 1. The highest BCUT2D eigenvalue weighted by Crippen LogP contribution is 2.26. The molecule has 0 saturated carbocycles. The van der Waals surface area contributed by atoms with Crippen LogP contribution >= 0.6 is 0 Å². The van der Waals surface area contributed by atoms with Crippen LogP contribution in [0.25, 0.3) is 0 Å². The number of aromatic nitrogens is 3. The number of pyridine rings is 1. The minimum absolute atomic E-state index is 0.109. The van der Waals surface area contributed by atoms with E-state index in [-0.39, 0.29) is 11.9 Å². The van der Waals surface area contributed by atoms with Gasteiger partial charge in [-0.3, -0.25) is 4.98 Å². The van der Waals surface area contributed by atoms with Gasteiger partial charge in [-0.25, -0.2) is 4.79 Å². The molecule has 7 nitrogen and oxygen atoms in total. The van der Waals surface area contributed by atoms with E-state index in [0.29, 0.717) is 18.3 Å². The standard InChI is InChI=1S/C14H17N5O2/c1-10-16-13(21-18-10)11-3-2-8-19(9-11)14(20)17-12-4-6-15-7-5-12/h4-7,11H,2-3,8-9H2,1H3,(H,15,17,20)/t11-/m0/s1. The van der Waals surface area contributed by atoms with E-state index in [1.807, 2.05) is 0 Å². The van der Waals surface area contributed by atoms with Crippen molar-refractivity contribution in [2.24, 2.45) is 0 Å². The van der Waals surface area contributed by atoms with Crippen molar-refractivity contribution in [3.05, 3.63) is 36.2 Å². The van der Waals surface area contributed by atoms with Crippen LogP contribution in [0.15, 0.2) is 29.0 Å². The fourth-order valence-corrected chi connectivity index (χ4v) is 2.48. The quantitative estimate of drug-likeness (QED) is 0.915. The first-order chi connectivity index (χ1) is 10.2. The molecule has 0 aromatic carbocycles. The van der Waals surface area contributed by atoms with Crippen LogP contribution in [-0.2, 0) is 0 Å². The normalized spacial score (nSPS) is 18.5. The number of hydrogen-bond acceptors (Lipinski definition) is 5. The van der Waals surface area contributed by atoms with Gasteiger partial charge in [0.2, 0.25) is 5.89 Å². The first kappa shape index (κ1) is 13.5. The molecule has 0 unspecified atom stereocenters. The molecule has 7 heteroatoms. The topological polar surface area (TPSA) is 84.2 Å². The molecule has 3 rings (SSSR count). The predicted molar refractivity (Wildman–Crippen MR) is 75.8 cm³/mol. The Hall–Kier alpha value is -2.44. The number of amides is 2. The number of hydrogen-bond donors (Lipinski definition) is 1. The third kappa shape index (κ3) is 3.18. The highest BCUT2D eigenvalue weighted by Gasteiger charge is 2.28. The van der Waals surface area contributed by atoms with Crippen LogP contribution in [0.1, 0.15) is 30.5 Å². The molecule has 0 bridgehead atoms. The van der Waals surface area contributed by atoms with Crippen LogP contribution in [0.3, 0.4) is 0 Å². The van der Waals surface area contributed by atoms with E-state index < -0.39 is 0 Å². The Morgan fingerprint density at radius 2 is 2.24 bits per heavy atom. The molecule has 1 aliphatic heterocycles. The fourth-order valence-electron chi connectivity index (χ4n) is 2.48. The molecule has 2 amide bonds. The minimum atomic E-state index is -0.109. The summed E-state index contributed by atoms with van der Waals surface area (Å²) in [5.41, 5.74) is 0.741. The number of likely N-dealkylation sites (tertiary alicyclic amines) is 1. The number of nitrogens with zero attached hydrogens (tertiary/aromatic N) is 4. The summed E-state index contributed by atoms with van der Waals surface area (Å²) in [5, 5.41) is 6.69. The zero-order valence-electron chi connectivity index (χ0n) is 11.8. The third-order valence-corrected chi connectivity index (χ3v) is 3.53. The number of urea groups is 1. The summed E-state index contributed by atoms with van der Waals surface area (Å²) in [4.78, 5) is 22.3. The molecule has 1 fully saturated rings. The molecule has 1 N–H and O–H groups in total. The lowest BCUT2D eigenvalue weighted by molar-refractivity contribution is 0.184. The summed E-state index contributed by atoms with van der Waals surface area (Å²) in [7, 11) is 0. The maximum absolute atomic E-state index is 12.3. The van der Waals surface area contributed by atoms with Crippen molar-refractivity contribution in [1.29, 1.82) is 0 Å². The van der Waals surface area contributed by atoms with E-state index in [9.17, 15) is 4.79 Å². The summed E-state index contributed by atoms with van der Waals surface area (Å²) in [5.74, 6) is 1.36. The zero-order chi connectivity index (χ0) is 14.7. The Morgan fingerprint density at radius 3 is 2.95 bits per heavy atom. The van der Waals surface area contributed by atoms with E-state index in [2.05, 4.69) is 20.4 Å². The van der Waals surface area contributed by atoms with E-state index in [1.54, 1.807) is 36.4 Å². The van der Waals surface area contributed by atoms with Crippen LogP contribution in [0.4, 0.5) is 10.5 Å². The van der Waals surface area contributed by atoms with Gasteiger partial charge in [0.15, 0.2) is 5.82 Å². The Morgan fingerprint density at radius 1 is 1.43 bits per heavy atom. The maximum atomic E-state index is 12.3. The van der Waals surface area contributed by atoms with E-state index in [1.165, 1.54) is 0 Å². The summed E-state index contributed by atoms with van der Waals surface area (Å²) >= 11 is 0. The van der Waals surface area contributed by atoms with E-state index in [0.717, 1.165) is 25.1 Å². The average molecular weight is 287 g/mol. The molecule has 1 atom stereocenters. The van der Waals surface area contributed by atoms with Crippen LogP contribution in [0.5, 0.6) is 0 Å². The van der Waals surface area contributed by atoms with Crippen LogP contribution in [-0.4, -0.2) is 39.1 Å². The first-order valence-corrected chi connectivity index (χ1v) is 6.98. The van der Waals surface area contributed by atoms with Gasteiger partial charge >= 0.3 is 6.03 Å². The number of aryl methyl sites for hydroxylation is 1. The van der Waals surface area contributed by atoms with Gasteiger partial charge in [-0.2, -0.15) is 4.98 Å². The monoisotopic (exact) mass is 287 g/mol. The highest BCUT2D eigenvalue weighted by atomic mass is 16.5. The largest absolute Gasteiger partial charge is 0.339 e. The maximum Gasteiger partial charge on any atom is 0.321 e. The van der Waals surface area contributed by atoms with E-state index >= 15 is 0 Å². The minimum Gasteiger partial charge on any atom is -0.339 e. The molecule has 1 saturated heterocycles. The molecule has 0 radical (unpaired) electrons. The average Bonchev–Trinajstić information content (AvgIpc) is 2.95. The van der Waals surface area contributed by atoms with Gasteiger partial charge in [-0.15, -0.1) is 0 Å². The molecule has 2 aromatic heterocycles. The number of anilines is 1. The zero-order valence-corrected chi connectivity index (χ0v) is 11.8. The van der Waals surface area contributed by atoms with Gasteiger partial charge in [-0.05, 0) is 31.9 Å². The Balaban J connectivity index is 1.64. The molecule has 1 aliphatic rings. The van der Waals surface area contributed by atoms with Gasteiger partial charge in [-0.1, -0.05) is 5.16 Å². The Kier molecular flexibility index (Phi) is 3.81. The van der Waals surface area contributed by atoms with Crippen molar-refractivity contribution in [3.63, 3.8) is 0 Å². The number of rotatable bonds is 2. The number of nitrogens with one attached hydrogen (secondary N) is 1. The molecule has 2 aromatic rings. The number of carbonyl (C=O) groups excluding carboxylic acids is 1. The first-order valence-electron chi connectivity index (χ1n) is 6.98. The van der Waals surface area contributed by atoms with Gasteiger partial charge in [0, 0.05) is 31.2 Å². The number of carbonyl (C=O) groups is 1. The van der Waals surface area contributed by atoms with Crippen LogP contribution < -0.4 is 5.32 Å². The predicted octanol–water partition coefficient (Wildman–Crippen LogP) is 2.18. The second kappa shape index (κ2) is 5.90. The lowest BCUT2D eigenvalue weighted by Crippen LogP contribution is -2.41. The lowest BCUT2D eigenvalue weighted by atomic mass is 9.98. The molecule has 21 heavy (non-hydrogen) atoms. The third-order valence-electron chi connectivity index (χ3n) is 3.53. The summed E-state index contributed by atoms with van der Waals surface area (Å²) < 4.78 is 5.22. The summed E-state index contributed by atoms with van der Waals surface area (Å²) in [6.45, 7) is 3.13. The molecule has 110 valence electrons. The van der Waals surface area contributed by atoms with Gasteiger partial charge in [0.1, 0.15) is 0 Å². The molecule has 0 aliphatic carbocycles. The van der Waals surface area contributed by atoms with Crippen LogP contribution in [0, 0.1) is 6.92 Å². The van der Waals surface area contributed by atoms with Crippen molar-refractivity contribution in [1.82, 2.24) is 20.0 Å². The van der Waals surface area contributed by atoms with E-state index in [4.69, 9.17) is 4.52 Å². The smallest absolute Gasteiger partial charge is 0.321 e. The van der Waals surface area contributed by atoms with Gasteiger partial charge < -0.3 is 14.7 Å². The Labute approximate surface area is 122 Å². The second-order valence-electron chi connectivity index (χ2n) is 5.13. The van der Waals surface area contributed by atoms with Crippen LogP contribution in [0.2, 0.25) is 0 Å². The van der Waals surface area contributed by atoms with Crippen molar-refractivity contribution in [2.75, 3.05) is 18.4 Å². The Bertz CT molecular complexity index is 613. The van der Waals surface area contributed by atoms with Crippen molar-refractivity contribution >= 4 is 11.7 Å². The summed E-state index contributed by atoms with van der Waals surface area (Å²) in [6, 6.07) is 3.42. The summed E-state index contributed by atoms with van der Waals surface area (Å²) in [6.07, 6.45) is 5.18. The lowest BCUT2D eigenvalue weighted by Gasteiger charge is -2.31. The molecular formula is C14H17N5O2. The van der Waals surface area contributed by atoms with Crippen molar-refractivity contribution in [2.45, 2.75) is 25.7 Å². The SMILES string of the molecule is Cc1noc([C@H]2CCCN(C(=O)Nc3ccncc3)C2)n1. The van der Waals surface area contributed by atoms with Crippen molar-refractivity contribution in [3.8, 4) is 0 Å². The molecule has 0 spiro atoms.